The van der Waals surface area contributed by atoms with Crippen LogP contribution in [-0.4, -0.2) is 66.3 Å². The number of likely N-dealkylation sites (tertiary alicyclic amines) is 2. The summed E-state index contributed by atoms with van der Waals surface area (Å²) < 4.78 is 39.1. The maximum absolute atomic E-state index is 14.0. The Kier molecular flexibility index (Phi) is 7.03. The third kappa shape index (κ3) is 5.44. The summed E-state index contributed by atoms with van der Waals surface area (Å²) in [5, 5.41) is 4.62. The Morgan fingerprint density at radius 2 is 1.68 bits per heavy atom. The Labute approximate surface area is 240 Å². The highest BCUT2D eigenvalue weighted by molar-refractivity contribution is 7.90. The molecule has 2 aliphatic rings. The van der Waals surface area contributed by atoms with E-state index in [9.17, 15) is 17.6 Å². The van der Waals surface area contributed by atoms with Crippen LogP contribution in [0.3, 0.4) is 0 Å². The van der Waals surface area contributed by atoms with Gasteiger partial charge >= 0.3 is 0 Å². The van der Waals surface area contributed by atoms with E-state index in [4.69, 9.17) is 0 Å². The van der Waals surface area contributed by atoms with Crippen molar-refractivity contribution in [1.82, 2.24) is 19.6 Å². The van der Waals surface area contributed by atoms with Crippen molar-refractivity contribution in [3.05, 3.63) is 113 Å². The molecule has 7 nitrogen and oxygen atoms in total. The van der Waals surface area contributed by atoms with E-state index in [0.717, 1.165) is 30.8 Å². The number of benzene rings is 3. The molecule has 6 rings (SSSR count). The molecule has 9 heteroatoms. The number of carbonyl (C=O) groups is 1. The van der Waals surface area contributed by atoms with Gasteiger partial charge in [-0.1, -0.05) is 49.4 Å². The van der Waals surface area contributed by atoms with Gasteiger partial charge in [0.2, 0.25) is 0 Å². The van der Waals surface area contributed by atoms with Gasteiger partial charge in [0.05, 0.1) is 28.0 Å². The number of hydrogen-bond donors (Lipinski definition) is 0. The van der Waals surface area contributed by atoms with Gasteiger partial charge in [0.15, 0.2) is 9.84 Å². The quantitative estimate of drug-likeness (QED) is 0.318. The molecule has 1 atom stereocenters. The largest absolute Gasteiger partial charge is 0.338 e. The number of halogens is 1. The summed E-state index contributed by atoms with van der Waals surface area (Å²) in [6.45, 7) is 5.65. The van der Waals surface area contributed by atoms with E-state index in [-0.39, 0.29) is 23.1 Å². The summed E-state index contributed by atoms with van der Waals surface area (Å²) in [6, 6.07) is 23.5. The first kappa shape index (κ1) is 27.4. The van der Waals surface area contributed by atoms with Crippen LogP contribution in [0.25, 0.3) is 5.69 Å². The molecule has 0 radical (unpaired) electrons. The predicted molar refractivity (Wildman–Crippen MR) is 155 cm³/mol. The van der Waals surface area contributed by atoms with Gasteiger partial charge in [-0.15, -0.1) is 0 Å². The van der Waals surface area contributed by atoms with Gasteiger partial charge < -0.3 is 4.90 Å². The number of carbonyl (C=O) groups excluding carboxylic acids is 1. The van der Waals surface area contributed by atoms with Gasteiger partial charge in [-0.3, -0.25) is 9.69 Å². The molecular weight excluding hydrogens is 539 g/mol. The highest BCUT2D eigenvalue weighted by Gasteiger charge is 2.40. The first-order valence-electron chi connectivity index (χ1n) is 13.8. The predicted octanol–water partition coefficient (Wildman–Crippen LogP) is 4.82. The van der Waals surface area contributed by atoms with Crippen LogP contribution in [0.1, 0.15) is 46.4 Å². The molecule has 1 unspecified atom stereocenters. The third-order valence-corrected chi connectivity index (χ3v) is 9.57. The van der Waals surface area contributed by atoms with Crippen LogP contribution >= 0.6 is 0 Å². The van der Waals surface area contributed by atoms with E-state index in [0.29, 0.717) is 35.8 Å². The lowest BCUT2D eigenvalue weighted by Crippen LogP contribution is -2.45. The molecule has 3 heterocycles. The summed E-state index contributed by atoms with van der Waals surface area (Å²) in [4.78, 5) is 18.5. The minimum absolute atomic E-state index is 0.0252. The smallest absolute Gasteiger partial charge is 0.257 e. The lowest BCUT2D eigenvalue weighted by Gasteiger charge is -2.40. The molecule has 1 amide bonds. The molecule has 0 N–H and O–H groups in total. The van der Waals surface area contributed by atoms with E-state index in [1.54, 1.807) is 35.1 Å². The third-order valence-electron chi connectivity index (χ3n) is 8.44. The molecule has 2 saturated heterocycles. The standard InChI is InChI=1S/C32H33FN4O3S/c1-32(25-6-4-3-5-7-25)16-17-36(22-32)31(38)29-18-34-37(27-12-10-26(33)11-13-27)30(29)24-20-35(21-24)19-23-8-14-28(15-9-23)41(2,39)40/h3-15,18,24H,16-17,19-22H2,1-2H3. The van der Waals surface area contributed by atoms with Crippen molar-refractivity contribution < 1.29 is 17.6 Å². The van der Waals surface area contributed by atoms with Crippen LogP contribution < -0.4 is 0 Å². The minimum Gasteiger partial charge on any atom is -0.338 e. The lowest BCUT2D eigenvalue weighted by atomic mass is 9.82. The molecular formula is C32H33FN4O3S. The van der Waals surface area contributed by atoms with Gasteiger partial charge in [0, 0.05) is 50.3 Å². The second kappa shape index (κ2) is 10.5. The number of aromatic nitrogens is 2. The summed E-state index contributed by atoms with van der Waals surface area (Å²) in [5.74, 6) is -0.282. The number of sulfone groups is 1. The van der Waals surface area contributed by atoms with Crippen molar-refractivity contribution in [2.24, 2.45) is 0 Å². The lowest BCUT2D eigenvalue weighted by molar-refractivity contribution is 0.0777. The molecule has 0 spiro atoms. The molecule has 0 saturated carbocycles. The zero-order valence-electron chi connectivity index (χ0n) is 23.2. The summed E-state index contributed by atoms with van der Waals surface area (Å²) in [6.07, 6.45) is 3.75. The number of rotatable bonds is 7. The van der Waals surface area contributed by atoms with Gasteiger partial charge in [0.25, 0.3) is 5.91 Å². The van der Waals surface area contributed by atoms with Crippen molar-refractivity contribution >= 4 is 15.7 Å². The highest BCUT2D eigenvalue weighted by atomic mass is 32.2. The Bertz CT molecular complexity index is 1660. The molecule has 3 aromatic carbocycles. The molecule has 4 aromatic rings. The molecule has 2 aliphatic heterocycles. The van der Waals surface area contributed by atoms with Crippen LogP contribution in [0.15, 0.2) is 90.0 Å². The van der Waals surface area contributed by atoms with E-state index in [1.165, 1.54) is 24.0 Å². The SMILES string of the molecule is CC1(c2ccccc2)CCN(C(=O)c2cnn(-c3ccc(F)cc3)c2C2CN(Cc3ccc(S(C)(=O)=O)cc3)C2)C1. The zero-order valence-corrected chi connectivity index (χ0v) is 24.0. The normalized spacial score (nSPS) is 19.8. The number of hydrogen-bond acceptors (Lipinski definition) is 5. The van der Waals surface area contributed by atoms with Crippen molar-refractivity contribution in [1.29, 1.82) is 0 Å². The average Bonchev–Trinajstić information content (AvgIpc) is 3.56. The Hall–Kier alpha value is -3.82. The monoisotopic (exact) mass is 572 g/mol. The molecule has 0 bridgehead atoms. The minimum atomic E-state index is -3.24. The summed E-state index contributed by atoms with van der Waals surface area (Å²) >= 11 is 0. The summed E-state index contributed by atoms with van der Waals surface area (Å²) in [7, 11) is -3.24. The topological polar surface area (TPSA) is 75.5 Å². The fraction of sp³-hybridized carbons (Fsp3) is 0.312. The van der Waals surface area contributed by atoms with E-state index in [2.05, 4.69) is 29.1 Å². The average molecular weight is 573 g/mol. The number of amides is 1. The summed E-state index contributed by atoms with van der Waals surface area (Å²) in [5.41, 5.74) is 4.30. The maximum Gasteiger partial charge on any atom is 0.257 e. The van der Waals surface area contributed by atoms with Gasteiger partial charge in [-0.2, -0.15) is 5.10 Å². The molecule has 2 fully saturated rings. The maximum atomic E-state index is 14.0. The van der Waals surface area contributed by atoms with Gasteiger partial charge in [-0.25, -0.2) is 17.5 Å². The van der Waals surface area contributed by atoms with Crippen LogP contribution in [0, 0.1) is 5.82 Å². The Morgan fingerprint density at radius 3 is 2.34 bits per heavy atom. The van der Waals surface area contributed by atoms with Crippen LogP contribution in [0.4, 0.5) is 4.39 Å². The first-order chi connectivity index (χ1) is 19.6. The second-order valence-electron chi connectivity index (χ2n) is 11.5. The highest BCUT2D eigenvalue weighted by Crippen LogP contribution is 2.37. The van der Waals surface area contributed by atoms with Crippen LogP contribution in [-0.2, 0) is 21.8 Å². The van der Waals surface area contributed by atoms with Crippen molar-refractivity contribution in [2.75, 3.05) is 32.4 Å². The molecule has 1 aromatic heterocycles. The fourth-order valence-electron chi connectivity index (χ4n) is 6.06. The molecule has 41 heavy (non-hydrogen) atoms. The molecule has 212 valence electrons. The van der Waals surface area contributed by atoms with Crippen LogP contribution in [0.2, 0.25) is 0 Å². The second-order valence-corrected chi connectivity index (χ2v) is 13.6. The fourth-order valence-corrected chi connectivity index (χ4v) is 6.69. The van der Waals surface area contributed by atoms with E-state index >= 15 is 0 Å². The zero-order chi connectivity index (χ0) is 28.8. The van der Waals surface area contributed by atoms with Gasteiger partial charge in [-0.05, 0) is 53.9 Å². The van der Waals surface area contributed by atoms with Crippen molar-refractivity contribution in [2.45, 2.75) is 36.1 Å². The van der Waals surface area contributed by atoms with E-state index < -0.39 is 9.84 Å². The Morgan fingerprint density at radius 1 is 1.00 bits per heavy atom. The van der Waals surface area contributed by atoms with Crippen LogP contribution in [0.5, 0.6) is 0 Å². The van der Waals surface area contributed by atoms with E-state index in [1.807, 2.05) is 35.2 Å². The Balaban J connectivity index is 1.23. The van der Waals surface area contributed by atoms with Gasteiger partial charge in [0.1, 0.15) is 5.82 Å². The first-order valence-corrected chi connectivity index (χ1v) is 15.7. The number of nitrogens with zero attached hydrogens (tertiary/aromatic N) is 4. The van der Waals surface area contributed by atoms with Crippen molar-refractivity contribution in [3.8, 4) is 5.69 Å². The molecule has 0 aliphatic carbocycles. The van der Waals surface area contributed by atoms with Crippen molar-refractivity contribution in [3.63, 3.8) is 0 Å².